The standard InChI is InChI=1S/C16H26ClNO/c1-5-9-19-15-10-11(2)16(17)13(4)14(15)8-6-7-12(3)18/h10,12H,5-9,18H2,1-4H3. The van der Waals surface area contributed by atoms with Crippen LogP contribution >= 0.6 is 11.6 Å². The van der Waals surface area contributed by atoms with Gasteiger partial charge >= 0.3 is 0 Å². The molecule has 0 fully saturated rings. The summed E-state index contributed by atoms with van der Waals surface area (Å²) in [5.41, 5.74) is 9.28. The second-order valence-corrected chi connectivity index (χ2v) is 5.71. The Hall–Kier alpha value is -0.730. The number of rotatable bonds is 7. The predicted octanol–water partition coefficient (Wildman–Crippen LogP) is 4.42. The molecule has 19 heavy (non-hydrogen) atoms. The zero-order valence-corrected chi connectivity index (χ0v) is 13.3. The van der Waals surface area contributed by atoms with Crippen LogP contribution in [0.25, 0.3) is 0 Å². The van der Waals surface area contributed by atoms with Crippen LogP contribution < -0.4 is 10.5 Å². The average molecular weight is 284 g/mol. The van der Waals surface area contributed by atoms with Crippen LogP contribution in [0.15, 0.2) is 6.07 Å². The van der Waals surface area contributed by atoms with E-state index in [-0.39, 0.29) is 6.04 Å². The van der Waals surface area contributed by atoms with E-state index in [1.54, 1.807) is 0 Å². The molecule has 0 radical (unpaired) electrons. The Labute approximate surface area is 122 Å². The molecule has 1 unspecified atom stereocenters. The number of halogens is 1. The third-order valence-corrected chi connectivity index (χ3v) is 3.90. The molecule has 1 aromatic carbocycles. The molecule has 1 rings (SSSR count). The zero-order chi connectivity index (χ0) is 14.4. The monoisotopic (exact) mass is 283 g/mol. The lowest BCUT2D eigenvalue weighted by Crippen LogP contribution is -2.14. The van der Waals surface area contributed by atoms with E-state index >= 15 is 0 Å². The van der Waals surface area contributed by atoms with Gasteiger partial charge < -0.3 is 10.5 Å². The molecule has 0 saturated carbocycles. The Morgan fingerprint density at radius 3 is 2.63 bits per heavy atom. The van der Waals surface area contributed by atoms with Crippen LogP contribution in [-0.2, 0) is 6.42 Å². The van der Waals surface area contributed by atoms with Crippen LogP contribution in [-0.4, -0.2) is 12.6 Å². The first kappa shape index (κ1) is 16.3. The Balaban J connectivity index is 2.93. The maximum atomic E-state index is 6.35. The van der Waals surface area contributed by atoms with Crippen LogP contribution in [0, 0.1) is 13.8 Å². The van der Waals surface area contributed by atoms with Crippen molar-refractivity contribution < 1.29 is 4.74 Å². The van der Waals surface area contributed by atoms with Gasteiger partial charge in [0.1, 0.15) is 5.75 Å². The summed E-state index contributed by atoms with van der Waals surface area (Å²) >= 11 is 6.35. The molecule has 3 heteroatoms. The highest BCUT2D eigenvalue weighted by atomic mass is 35.5. The highest BCUT2D eigenvalue weighted by Crippen LogP contribution is 2.33. The smallest absolute Gasteiger partial charge is 0.123 e. The molecule has 2 N–H and O–H groups in total. The molecule has 0 aliphatic heterocycles. The first-order valence-electron chi connectivity index (χ1n) is 7.14. The molecular formula is C16H26ClNO. The summed E-state index contributed by atoms with van der Waals surface area (Å²) in [7, 11) is 0. The Kier molecular flexibility index (Phi) is 6.67. The van der Waals surface area contributed by atoms with Crippen LogP contribution in [0.5, 0.6) is 5.75 Å². The van der Waals surface area contributed by atoms with Gasteiger partial charge in [0, 0.05) is 11.1 Å². The first-order valence-corrected chi connectivity index (χ1v) is 7.52. The normalized spacial score (nSPS) is 12.5. The van der Waals surface area contributed by atoms with Gasteiger partial charge in [-0.2, -0.15) is 0 Å². The van der Waals surface area contributed by atoms with Crippen molar-refractivity contribution >= 4 is 11.6 Å². The topological polar surface area (TPSA) is 35.2 Å². The Morgan fingerprint density at radius 1 is 1.37 bits per heavy atom. The fraction of sp³-hybridized carbons (Fsp3) is 0.625. The van der Waals surface area contributed by atoms with Gasteiger partial charge in [-0.15, -0.1) is 0 Å². The molecule has 0 aliphatic rings. The molecule has 0 saturated heterocycles. The molecule has 0 heterocycles. The molecule has 1 atom stereocenters. The molecule has 2 nitrogen and oxygen atoms in total. The third kappa shape index (κ3) is 4.70. The van der Waals surface area contributed by atoms with Crippen molar-refractivity contribution in [2.24, 2.45) is 5.73 Å². The van der Waals surface area contributed by atoms with Gasteiger partial charge in [-0.05, 0) is 69.2 Å². The summed E-state index contributed by atoms with van der Waals surface area (Å²) in [6.45, 7) is 9.02. The van der Waals surface area contributed by atoms with Gasteiger partial charge in [-0.25, -0.2) is 0 Å². The maximum absolute atomic E-state index is 6.35. The molecule has 1 aromatic rings. The van der Waals surface area contributed by atoms with Crippen molar-refractivity contribution in [2.75, 3.05) is 6.61 Å². The number of nitrogens with two attached hydrogens (primary N) is 1. The van der Waals surface area contributed by atoms with Crippen LogP contribution in [0.2, 0.25) is 5.02 Å². The van der Waals surface area contributed by atoms with Crippen molar-refractivity contribution in [3.63, 3.8) is 0 Å². The van der Waals surface area contributed by atoms with Gasteiger partial charge in [0.2, 0.25) is 0 Å². The lowest BCUT2D eigenvalue weighted by Gasteiger charge is -2.17. The maximum Gasteiger partial charge on any atom is 0.123 e. The Morgan fingerprint density at radius 2 is 2.05 bits per heavy atom. The Bertz CT molecular complexity index is 416. The summed E-state index contributed by atoms with van der Waals surface area (Å²) in [6, 6.07) is 2.31. The van der Waals surface area contributed by atoms with Crippen molar-refractivity contribution in [3.8, 4) is 5.75 Å². The number of benzene rings is 1. The summed E-state index contributed by atoms with van der Waals surface area (Å²) < 4.78 is 5.87. The van der Waals surface area contributed by atoms with Gasteiger partial charge in [0.05, 0.1) is 6.61 Å². The fourth-order valence-corrected chi connectivity index (χ4v) is 2.38. The minimum absolute atomic E-state index is 0.251. The second kappa shape index (κ2) is 7.76. The van der Waals surface area contributed by atoms with Gasteiger partial charge in [0.15, 0.2) is 0 Å². The van der Waals surface area contributed by atoms with Crippen molar-refractivity contribution in [1.29, 1.82) is 0 Å². The molecule has 0 aliphatic carbocycles. The van der Waals surface area contributed by atoms with E-state index in [1.165, 1.54) is 5.56 Å². The molecule has 108 valence electrons. The van der Waals surface area contributed by atoms with Crippen molar-refractivity contribution in [1.82, 2.24) is 0 Å². The van der Waals surface area contributed by atoms with E-state index in [0.717, 1.165) is 54.2 Å². The SMILES string of the molecule is CCCOc1cc(C)c(Cl)c(C)c1CCCC(C)N. The first-order chi connectivity index (χ1) is 8.97. The number of hydrogen-bond donors (Lipinski definition) is 1. The van der Waals surface area contributed by atoms with E-state index in [9.17, 15) is 0 Å². The number of hydrogen-bond acceptors (Lipinski definition) is 2. The highest BCUT2D eigenvalue weighted by molar-refractivity contribution is 6.32. The van der Waals surface area contributed by atoms with Gasteiger partial charge in [-0.1, -0.05) is 18.5 Å². The number of ether oxygens (including phenoxy) is 1. The molecule has 0 aromatic heterocycles. The predicted molar refractivity (Wildman–Crippen MR) is 83.3 cm³/mol. The third-order valence-electron chi connectivity index (χ3n) is 3.32. The lowest BCUT2D eigenvalue weighted by atomic mass is 9.98. The largest absolute Gasteiger partial charge is 0.493 e. The highest BCUT2D eigenvalue weighted by Gasteiger charge is 2.13. The minimum atomic E-state index is 0.251. The minimum Gasteiger partial charge on any atom is -0.493 e. The van der Waals surface area contributed by atoms with E-state index in [2.05, 4.69) is 19.9 Å². The molecule has 0 bridgehead atoms. The lowest BCUT2D eigenvalue weighted by molar-refractivity contribution is 0.313. The molecular weight excluding hydrogens is 258 g/mol. The summed E-state index contributed by atoms with van der Waals surface area (Å²) in [4.78, 5) is 0. The number of aryl methyl sites for hydroxylation is 1. The van der Waals surface area contributed by atoms with Gasteiger partial charge in [0.25, 0.3) is 0 Å². The van der Waals surface area contributed by atoms with Crippen molar-refractivity contribution in [2.45, 2.75) is 59.4 Å². The van der Waals surface area contributed by atoms with Crippen LogP contribution in [0.4, 0.5) is 0 Å². The fourth-order valence-electron chi connectivity index (χ4n) is 2.21. The van der Waals surface area contributed by atoms with E-state index in [4.69, 9.17) is 22.1 Å². The van der Waals surface area contributed by atoms with Crippen molar-refractivity contribution in [3.05, 3.63) is 27.8 Å². The molecule has 0 amide bonds. The average Bonchev–Trinajstić information content (AvgIpc) is 2.36. The zero-order valence-electron chi connectivity index (χ0n) is 12.6. The quantitative estimate of drug-likeness (QED) is 0.804. The summed E-state index contributed by atoms with van der Waals surface area (Å²) in [5.74, 6) is 0.992. The van der Waals surface area contributed by atoms with Crippen LogP contribution in [0.1, 0.15) is 49.8 Å². The van der Waals surface area contributed by atoms with E-state index in [0.29, 0.717) is 0 Å². The van der Waals surface area contributed by atoms with Crippen LogP contribution in [0.3, 0.4) is 0 Å². The summed E-state index contributed by atoms with van der Waals surface area (Å²) in [6.07, 6.45) is 4.09. The second-order valence-electron chi connectivity index (χ2n) is 5.33. The van der Waals surface area contributed by atoms with Gasteiger partial charge in [-0.3, -0.25) is 0 Å². The summed E-state index contributed by atoms with van der Waals surface area (Å²) in [5, 5.41) is 0.861. The van der Waals surface area contributed by atoms with E-state index < -0.39 is 0 Å². The molecule has 0 spiro atoms. The van der Waals surface area contributed by atoms with E-state index in [1.807, 2.05) is 13.8 Å².